The van der Waals surface area contributed by atoms with Crippen LogP contribution in [0.2, 0.25) is 0 Å². The number of ether oxygens (including phenoxy) is 3. The minimum absolute atomic E-state index is 0.294. The predicted molar refractivity (Wildman–Crippen MR) is 92.0 cm³/mol. The molecule has 1 aliphatic heterocycles. The van der Waals surface area contributed by atoms with E-state index in [0.717, 1.165) is 35.8 Å². The van der Waals surface area contributed by atoms with Gasteiger partial charge in [-0.2, -0.15) is 5.10 Å². The van der Waals surface area contributed by atoms with Crippen molar-refractivity contribution in [1.29, 1.82) is 0 Å². The molecule has 130 valence electrons. The van der Waals surface area contributed by atoms with Gasteiger partial charge in [-0.1, -0.05) is 0 Å². The zero-order chi connectivity index (χ0) is 17.1. The second-order valence-corrected chi connectivity index (χ2v) is 6.21. The second kappa shape index (κ2) is 7.13. The molecule has 0 aliphatic carbocycles. The zero-order valence-corrected chi connectivity index (χ0v) is 14.8. The summed E-state index contributed by atoms with van der Waals surface area (Å²) in [6.45, 7) is 8.95. The van der Waals surface area contributed by atoms with Crippen LogP contribution in [-0.4, -0.2) is 36.1 Å². The largest absolute Gasteiger partial charge is 0.493 e. The number of nitrogens with zero attached hydrogens (tertiary/aromatic N) is 2. The SMILES string of the molecule is COc1cc(CN[C@@H](C)Cn2nc(C)cc2C)cc2c1OCCO2. The number of methoxy groups -OCH3 is 1. The van der Waals surface area contributed by atoms with E-state index in [-0.39, 0.29) is 0 Å². The van der Waals surface area contributed by atoms with Crippen LogP contribution in [0, 0.1) is 13.8 Å². The first-order valence-electron chi connectivity index (χ1n) is 8.27. The zero-order valence-electron chi connectivity index (χ0n) is 14.8. The van der Waals surface area contributed by atoms with E-state index in [1.807, 2.05) is 23.7 Å². The highest BCUT2D eigenvalue weighted by Gasteiger charge is 2.18. The first-order chi connectivity index (χ1) is 11.6. The summed E-state index contributed by atoms with van der Waals surface area (Å²) in [5.41, 5.74) is 3.34. The van der Waals surface area contributed by atoms with Crippen molar-refractivity contribution in [3.63, 3.8) is 0 Å². The first kappa shape index (κ1) is 16.6. The summed E-state index contributed by atoms with van der Waals surface area (Å²) in [5.74, 6) is 2.17. The molecule has 6 heteroatoms. The molecule has 0 spiro atoms. The van der Waals surface area contributed by atoms with Crippen LogP contribution < -0.4 is 19.5 Å². The highest BCUT2D eigenvalue weighted by molar-refractivity contribution is 5.54. The van der Waals surface area contributed by atoms with Crippen LogP contribution in [0.3, 0.4) is 0 Å². The summed E-state index contributed by atoms with van der Waals surface area (Å²) >= 11 is 0. The monoisotopic (exact) mass is 331 g/mol. The minimum atomic E-state index is 0.294. The molecule has 0 saturated carbocycles. The van der Waals surface area contributed by atoms with Gasteiger partial charge in [0.05, 0.1) is 19.3 Å². The van der Waals surface area contributed by atoms with Gasteiger partial charge in [0.15, 0.2) is 11.5 Å². The molecule has 0 fully saturated rings. The molecule has 1 aromatic heterocycles. The van der Waals surface area contributed by atoms with Gasteiger partial charge in [-0.3, -0.25) is 4.68 Å². The van der Waals surface area contributed by atoms with Crippen molar-refractivity contribution in [2.45, 2.75) is 39.9 Å². The molecule has 3 rings (SSSR count). The summed E-state index contributed by atoms with van der Waals surface area (Å²) in [4.78, 5) is 0. The van der Waals surface area contributed by atoms with E-state index in [4.69, 9.17) is 14.2 Å². The van der Waals surface area contributed by atoms with Crippen molar-refractivity contribution in [2.75, 3.05) is 20.3 Å². The van der Waals surface area contributed by atoms with Crippen LogP contribution in [0.15, 0.2) is 18.2 Å². The van der Waals surface area contributed by atoms with Gasteiger partial charge in [0.25, 0.3) is 0 Å². The Morgan fingerprint density at radius 1 is 1.25 bits per heavy atom. The van der Waals surface area contributed by atoms with Crippen molar-refractivity contribution >= 4 is 0 Å². The third-order valence-corrected chi connectivity index (χ3v) is 4.09. The average Bonchev–Trinajstić information content (AvgIpc) is 2.89. The molecule has 0 bridgehead atoms. The number of fused-ring (bicyclic) bond motifs is 1. The van der Waals surface area contributed by atoms with E-state index in [1.165, 1.54) is 5.69 Å². The van der Waals surface area contributed by atoms with Crippen LogP contribution in [0.4, 0.5) is 0 Å². The van der Waals surface area contributed by atoms with Crippen LogP contribution in [0.5, 0.6) is 17.2 Å². The molecule has 1 aromatic carbocycles. The maximum atomic E-state index is 5.68. The lowest BCUT2D eigenvalue weighted by atomic mass is 10.1. The van der Waals surface area contributed by atoms with Gasteiger partial charge in [0.1, 0.15) is 13.2 Å². The first-order valence-corrected chi connectivity index (χ1v) is 8.27. The van der Waals surface area contributed by atoms with Gasteiger partial charge < -0.3 is 19.5 Å². The maximum Gasteiger partial charge on any atom is 0.203 e. The number of benzene rings is 1. The third-order valence-electron chi connectivity index (χ3n) is 4.09. The van der Waals surface area contributed by atoms with Gasteiger partial charge in [-0.25, -0.2) is 0 Å². The second-order valence-electron chi connectivity index (χ2n) is 6.21. The summed E-state index contributed by atoms with van der Waals surface area (Å²) in [5, 5.41) is 8.04. The van der Waals surface area contributed by atoms with Crippen LogP contribution in [-0.2, 0) is 13.1 Å². The molecule has 0 unspecified atom stereocenters. The molecule has 1 atom stereocenters. The standard InChI is InChI=1S/C18H25N3O3/c1-12-7-14(3)21(20-12)11-13(2)19-10-15-8-16(22-4)18-17(9-15)23-5-6-24-18/h7-9,13,19H,5-6,10-11H2,1-4H3/t13-/m0/s1. The summed E-state index contributed by atoms with van der Waals surface area (Å²) in [7, 11) is 1.65. The summed E-state index contributed by atoms with van der Waals surface area (Å²) in [6.07, 6.45) is 0. The Kier molecular flexibility index (Phi) is 4.94. The fourth-order valence-electron chi connectivity index (χ4n) is 2.91. The predicted octanol–water partition coefficient (Wildman–Crippen LogP) is 2.46. The van der Waals surface area contributed by atoms with Crippen molar-refractivity contribution in [3.8, 4) is 17.2 Å². The Morgan fingerprint density at radius 3 is 2.75 bits per heavy atom. The maximum absolute atomic E-state index is 5.68. The van der Waals surface area contributed by atoms with Crippen molar-refractivity contribution in [2.24, 2.45) is 0 Å². The van der Waals surface area contributed by atoms with Gasteiger partial charge in [-0.15, -0.1) is 0 Å². The van der Waals surface area contributed by atoms with Crippen molar-refractivity contribution in [1.82, 2.24) is 15.1 Å². The van der Waals surface area contributed by atoms with Gasteiger partial charge >= 0.3 is 0 Å². The molecule has 2 heterocycles. The summed E-state index contributed by atoms with van der Waals surface area (Å²) in [6, 6.07) is 6.40. The van der Waals surface area contributed by atoms with E-state index in [9.17, 15) is 0 Å². The molecular formula is C18H25N3O3. The molecule has 0 radical (unpaired) electrons. The Morgan fingerprint density at radius 2 is 2.04 bits per heavy atom. The van der Waals surface area contributed by atoms with Crippen LogP contribution in [0.1, 0.15) is 23.9 Å². The van der Waals surface area contributed by atoms with Gasteiger partial charge in [0.2, 0.25) is 5.75 Å². The molecule has 0 amide bonds. The van der Waals surface area contributed by atoms with Crippen LogP contribution >= 0.6 is 0 Å². The number of nitrogens with one attached hydrogen (secondary N) is 1. The Labute approximate surface area is 142 Å². The number of rotatable bonds is 6. The topological polar surface area (TPSA) is 57.5 Å². The van der Waals surface area contributed by atoms with Crippen LogP contribution in [0.25, 0.3) is 0 Å². The average molecular weight is 331 g/mol. The molecule has 1 N–H and O–H groups in total. The molecule has 6 nitrogen and oxygen atoms in total. The highest BCUT2D eigenvalue weighted by atomic mass is 16.6. The van der Waals surface area contributed by atoms with E-state index < -0.39 is 0 Å². The Balaban J connectivity index is 1.64. The summed E-state index contributed by atoms with van der Waals surface area (Å²) < 4.78 is 18.8. The molecular weight excluding hydrogens is 306 g/mol. The number of hydrogen-bond donors (Lipinski definition) is 1. The molecule has 1 aliphatic rings. The van der Waals surface area contributed by atoms with Crippen molar-refractivity contribution < 1.29 is 14.2 Å². The fourth-order valence-corrected chi connectivity index (χ4v) is 2.91. The van der Waals surface area contributed by atoms with E-state index in [1.54, 1.807) is 7.11 Å². The number of aromatic nitrogens is 2. The van der Waals surface area contributed by atoms with Gasteiger partial charge in [0, 0.05) is 18.3 Å². The quantitative estimate of drug-likeness (QED) is 0.881. The van der Waals surface area contributed by atoms with E-state index in [0.29, 0.717) is 25.0 Å². The lowest BCUT2D eigenvalue weighted by molar-refractivity contribution is 0.165. The van der Waals surface area contributed by atoms with Gasteiger partial charge in [-0.05, 0) is 44.5 Å². The fraction of sp³-hybridized carbons (Fsp3) is 0.500. The Hall–Kier alpha value is -2.21. The van der Waals surface area contributed by atoms with Crippen molar-refractivity contribution in [3.05, 3.63) is 35.2 Å². The smallest absolute Gasteiger partial charge is 0.203 e. The molecule has 24 heavy (non-hydrogen) atoms. The molecule has 2 aromatic rings. The van der Waals surface area contributed by atoms with E-state index in [2.05, 4.69) is 30.3 Å². The third kappa shape index (κ3) is 3.64. The highest BCUT2D eigenvalue weighted by Crippen LogP contribution is 2.40. The number of hydrogen-bond acceptors (Lipinski definition) is 5. The molecule has 0 saturated heterocycles. The Bertz CT molecular complexity index is 695. The normalized spacial score (nSPS) is 14.5. The lowest BCUT2D eigenvalue weighted by Crippen LogP contribution is -2.30. The number of aryl methyl sites for hydroxylation is 2. The minimum Gasteiger partial charge on any atom is -0.493 e. The van der Waals surface area contributed by atoms with E-state index >= 15 is 0 Å². The lowest BCUT2D eigenvalue weighted by Gasteiger charge is -2.22.